The molecule has 2 aromatic rings. The summed E-state index contributed by atoms with van der Waals surface area (Å²) in [5.41, 5.74) is 2.60. The van der Waals surface area contributed by atoms with E-state index < -0.39 is 11.7 Å². The highest BCUT2D eigenvalue weighted by molar-refractivity contribution is 5.76. The lowest BCUT2D eigenvalue weighted by Gasteiger charge is -2.19. The molecular weight excluding hydrogens is 347 g/mol. The number of ether oxygens (including phenoxy) is 2. The normalized spacial score (nSPS) is 12.9. The van der Waals surface area contributed by atoms with E-state index in [-0.39, 0.29) is 19.0 Å². The lowest BCUT2D eigenvalue weighted by Crippen LogP contribution is -2.34. The number of para-hydroxylation sites is 1. The summed E-state index contributed by atoms with van der Waals surface area (Å²) in [5.74, 6) is 0.306. The fourth-order valence-corrected chi connectivity index (χ4v) is 2.97. The standard InChI is InChI=1S/C21H25FN2O3/c1-21(2,3)27-20(25)24-10-11-26-19-7-5-4-6-15(19)16-13-18-14(8-9-23-18)12-17(16)22/h4-7,12-13,23H,8-11H2,1-3H3,(H,24,25). The number of amides is 1. The van der Waals surface area contributed by atoms with Crippen molar-refractivity contribution in [1.29, 1.82) is 0 Å². The summed E-state index contributed by atoms with van der Waals surface area (Å²) in [7, 11) is 0. The monoisotopic (exact) mass is 372 g/mol. The fraction of sp³-hybridized carbons (Fsp3) is 0.381. The van der Waals surface area contributed by atoms with Gasteiger partial charge in [-0.2, -0.15) is 0 Å². The minimum Gasteiger partial charge on any atom is -0.491 e. The molecular formula is C21H25FN2O3. The van der Waals surface area contributed by atoms with Gasteiger partial charge >= 0.3 is 6.09 Å². The number of fused-ring (bicyclic) bond motifs is 1. The molecule has 1 heterocycles. The van der Waals surface area contributed by atoms with Crippen molar-refractivity contribution in [1.82, 2.24) is 5.32 Å². The molecule has 1 amide bonds. The minimum absolute atomic E-state index is 0.251. The van der Waals surface area contributed by atoms with Crippen LogP contribution < -0.4 is 15.4 Å². The summed E-state index contributed by atoms with van der Waals surface area (Å²) < 4.78 is 25.6. The number of hydrogen-bond acceptors (Lipinski definition) is 4. The van der Waals surface area contributed by atoms with Gasteiger partial charge in [-0.3, -0.25) is 0 Å². The molecule has 0 atom stereocenters. The van der Waals surface area contributed by atoms with Crippen LogP contribution in [0, 0.1) is 5.82 Å². The summed E-state index contributed by atoms with van der Waals surface area (Å²) in [6.45, 7) is 6.78. The van der Waals surface area contributed by atoms with E-state index >= 15 is 0 Å². The van der Waals surface area contributed by atoms with E-state index in [1.807, 2.05) is 24.3 Å². The quantitative estimate of drug-likeness (QED) is 0.766. The maximum absolute atomic E-state index is 14.6. The fourth-order valence-electron chi connectivity index (χ4n) is 2.97. The summed E-state index contributed by atoms with van der Waals surface area (Å²) in [6.07, 6.45) is 0.344. The number of rotatable bonds is 5. The van der Waals surface area contributed by atoms with Crippen LogP contribution in [0.15, 0.2) is 36.4 Å². The largest absolute Gasteiger partial charge is 0.491 e. The topological polar surface area (TPSA) is 59.6 Å². The molecule has 5 nitrogen and oxygen atoms in total. The zero-order chi connectivity index (χ0) is 19.4. The van der Waals surface area contributed by atoms with Crippen LogP contribution in [0.4, 0.5) is 14.9 Å². The second kappa shape index (κ2) is 7.86. The molecule has 1 aliphatic rings. The molecule has 144 valence electrons. The molecule has 6 heteroatoms. The van der Waals surface area contributed by atoms with E-state index in [9.17, 15) is 9.18 Å². The van der Waals surface area contributed by atoms with Gasteiger partial charge in [-0.1, -0.05) is 18.2 Å². The predicted molar refractivity (Wildman–Crippen MR) is 104 cm³/mol. The first-order valence-electron chi connectivity index (χ1n) is 9.09. The average molecular weight is 372 g/mol. The van der Waals surface area contributed by atoms with Crippen LogP contribution in [0.5, 0.6) is 5.75 Å². The Bertz CT molecular complexity index is 831. The number of hydrogen-bond donors (Lipinski definition) is 2. The second-order valence-electron chi connectivity index (χ2n) is 7.44. The van der Waals surface area contributed by atoms with Crippen molar-refractivity contribution in [2.45, 2.75) is 32.8 Å². The summed E-state index contributed by atoms with van der Waals surface area (Å²) in [6, 6.07) is 10.7. The second-order valence-corrected chi connectivity index (χ2v) is 7.44. The first-order valence-corrected chi connectivity index (χ1v) is 9.09. The Morgan fingerprint density at radius 3 is 2.78 bits per heavy atom. The number of halogens is 1. The van der Waals surface area contributed by atoms with Crippen molar-refractivity contribution < 1.29 is 18.7 Å². The third kappa shape index (κ3) is 4.90. The van der Waals surface area contributed by atoms with Gasteiger partial charge in [-0.15, -0.1) is 0 Å². The van der Waals surface area contributed by atoms with Gasteiger partial charge < -0.3 is 20.1 Å². The van der Waals surface area contributed by atoms with Gasteiger partial charge in [-0.05, 0) is 51.0 Å². The smallest absolute Gasteiger partial charge is 0.407 e. The highest BCUT2D eigenvalue weighted by Gasteiger charge is 2.18. The molecule has 1 aliphatic heterocycles. The van der Waals surface area contributed by atoms with Crippen molar-refractivity contribution in [2.24, 2.45) is 0 Å². The van der Waals surface area contributed by atoms with Crippen LogP contribution in [0.1, 0.15) is 26.3 Å². The van der Waals surface area contributed by atoms with E-state index in [1.165, 1.54) is 0 Å². The van der Waals surface area contributed by atoms with Crippen LogP contribution in [0.25, 0.3) is 11.1 Å². The van der Waals surface area contributed by atoms with Crippen LogP contribution in [-0.4, -0.2) is 31.4 Å². The lowest BCUT2D eigenvalue weighted by molar-refractivity contribution is 0.0520. The van der Waals surface area contributed by atoms with Gasteiger partial charge in [0.1, 0.15) is 23.8 Å². The Hall–Kier alpha value is -2.76. The first-order chi connectivity index (χ1) is 12.8. The third-order valence-corrected chi connectivity index (χ3v) is 4.11. The molecule has 2 aromatic carbocycles. The van der Waals surface area contributed by atoms with E-state index in [4.69, 9.17) is 9.47 Å². The van der Waals surface area contributed by atoms with Crippen LogP contribution >= 0.6 is 0 Å². The van der Waals surface area contributed by atoms with Gasteiger partial charge in [0.15, 0.2) is 0 Å². The molecule has 0 saturated carbocycles. The Morgan fingerprint density at radius 2 is 2.00 bits per heavy atom. The van der Waals surface area contributed by atoms with Crippen molar-refractivity contribution in [2.75, 3.05) is 25.0 Å². The number of carbonyl (C=O) groups excluding carboxylic acids is 1. The Kier molecular flexibility index (Phi) is 5.54. The Morgan fingerprint density at radius 1 is 1.22 bits per heavy atom. The maximum Gasteiger partial charge on any atom is 0.407 e. The minimum atomic E-state index is -0.545. The highest BCUT2D eigenvalue weighted by atomic mass is 19.1. The number of benzene rings is 2. The molecule has 0 radical (unpaired) electrons. The van der Waals surface area contributed by atoms with Crippen LogP contribution in [0.3, 0.4) is 0 Å². The van der Waals surface area contributed by atoms with Crippen molar-refractivity contribution in [3.05, 3.63) is 47.8 Å². The van der Waals surface area contributed by atoms with Crippen molar-refractivity contribution in [3.63, 3.8) is 0 Å². The van der Waals surface area contributed by atoms with Gasteiger partial charge in [0.2, 0.25) is 0 Å². The van der Waals surface area contributed by atoms with Crippen molar-refractivity contribution >= 4 is 11.8 Å². The van der Waals surface area contributed by atoms with E-state index in [2.05, 4.69) is 10.6 Å². The molecule has 0 unspecified atom stereocenters. The number of nitrogens with one attached hydrogen (secondary N) is 2. The van der Waals surface area contributed by atoms with Gasteiger partial charge in [0.25, 0.3) is 0 Å². The highest BCUT2D eigenvalue weighted by Crippen LogP contribution is 2.36. The number of carbonyl (C=O) groups is 1. The molecule has 0 saturated heterocycles. The zero-order valence-electron chi connectivity index (χ0n) is 15.9. The van der Waals surface area contributed by atoms with Gasteiger partial charge in [0, 0.05) is 23.4 Å². The number of anilines is 1. The average Bonchev–Trinajstić information content (AvgIpc) is 3.04. The van der Waals surface area contributed by atoms with E-state index in [0.29, 0.717) is 16.9 Å². The molecule has 0 fully saturated rings. The molecule has 3 rings (SSSR count). The Labute approximate surface area is 158 Å². The molecule has 0 aromatic heterocycles. The van der Waals surface area contributed by atoms with Crippen LogP contribution in [-0.2, 0) is 11.2 Å². The lowest BCUT2D eigenvalue weighted by atomic mass is 10.0. The molecule has 2 N–H and O–H groups in total. The maximum atomic E-state index is 14.6. The summed E-state index contributed by atoms with van der Waals surface area (Å²) in [4.78, 5) is 11.7. The van der Waals surface area contributed by atoms with Gasteiger partial charge in [-0.25, -0.2) is 9.18 Å². The van der Waals surface area contributed by atoms with Crippen molar-refractivity contribution in [3.8, 4) is 16.9 Å². The summed E-state index contributed by atoms with van der Waals surface area (Å²) in [5, 5.41) is 5.92. The first kappa shape index (κ1) is 19.0. The zero-order valence-corrected chi connectivity index (χ0v) is 15.9. The summed E-state index contributed by atoms with van der Waals surface area (Å²) >= 11 is 0. The Balaban J connectivity index is 1.66. The molecule has 0 aliphatic carbocycles. The predicted octanol–water partition coefficient (Wildman–Crippen LogP) is 4.36. The van der Waals surface area contributed by atoms with Gasteiger partial charge in [0.05, 0.1) is 6.54 Å². The number of alkyl carbamates (subject to hydrolysis) is 1. The van der Waals surface area contributed by atoms with E-state index in [0.717, 1.165) is 24.2 Å². The van der Waals surface area contributed by atoms with E-state index in [1.54, 1.807) is 32.9 Å². The molecule has 0 spiro atoms. The van der Waals surface area contributed by atoms with Crippen LogP contribution in [0.2, 0.25) is 0 Å². The third-order valence-electron chi connectivity index (χ3n) is 4.11. The molecule has 0 bridgehead atoms. The molecule has 27 heavy (non-hydrogen) atoms. The SMILES string of the molecule is CC(C)(C)OC(=O)NCCOc1ccccc1-c1cc2c(cc1F)CCN2.